The first-order valence-corrected chi connectivity index (χ1v) is 4.23. The zero-order valence-corrected chi connectivity index (χ0v) is 8.76. The molecule has 0 aliphatic carbocycles. The van der Waals surface area contributed by atoms with E-state index < -0.39 is 23.7 Å². The van der Waals surface area contributed by atoms with Crippen LogP contribution in [0.2, 0.25) is 0 Å². The molecular formula is C8H15N3O3. The highest BCUT2D eigenvalue weighted by molar-refractivity contribution is 5.75. The third-order valence-corrected chi connectivity index (χ3v) is 1.34. The molecule has 0 aliphatic heterocycles. The predicted molar refractivity (Wildman–Crippen MR) is 50.5 cm³/mol. The molecule has 0 aromatic rings. The first kappa shape index (κ1) is 12.7. The summed E-state index contributed by atoms with van der Waals surface area (Å²) in [5.74, 6) is -0.780. The van der Waals surface area contributed by atoms with Crippen LogP contribution in [0, 0.1) is 0 Å². The van der Waals surface area contributed by atoms with Crippen LogP contribution in [0.25, 0.3) is 10.4 Å². The van der Waals surface area contributed by atoms with Gasteiger partial charge in [-0.2, -0.15) is 0 Å². The molecule has 1 N–H and O–H groups in total. The molecule has 14 heavy (non-hydrogen) atoms. The van der Waals surface area contributed by atoms with Gasteiger partial charge in [0.25, 0.3) is 0 Å². The summed E-state index contributed by atoms with van der Waals surface area (Å²) in [6, 6.07) is -0.824. The molecule has 0 rings (SSSR count). The van der Waals surface area contributed by atoms with Crippen LogP contribution in [-0.4, -0.2) is 28.8 Å². The Labute approximate surface area is 82.5 Å². The first-order chi connectivity index (χ1) is 6.28. The van der Waals surface area contributed by atoms with Gasteiger partial charge < -0.3 is 9.84 Å². The van der Waals surface area contributed by atoms with Crippen molar-refractivity contribution in [3.05, 3.63) is 10.4 Å². The summed E-state index contributed by atoms with van der Waals surface area (Å²) in [6.45, 7) is 6.51. The van der Waals surface area contributed by atoms with Gasteiger partial charge in [-0.05, 0) is 26.3 Å². The summed E-state index contributed by atoms with van der Waals surface area (Å²) in [4.78, 5) is 13.7. The van der Waals surface area contributed by atoms with Gasteiger partial charge in [0.1, 0.15) is 5.60 Å². The minimum atomic E-state index is -1.41. The van der Waals surface area contributed by atoms with E-state index in [2.05, 4.69) is 10.0 Å². The van der Waals surface area contributed by atoms with Crippen LogP contribution < -0.4 is 0 Å². The van der Waals surface area contributed by atoms with E-state index in [1.807, 2.05) is 0 Å². The average molecular weight is 201 g/mol. The highest BCUT2D eigenvalue weighted by Gasteiger charge is 2.26. The predicted octanol–water partition coefficient (Wildman–Crippen LogP) is 1.39. The summed E-state index contributed by atoms with van der Waals surface area (Å²) in [5.41, 5.74) is 7.44. The van der Waals surface area contributed by atoms with Crippen LogP contribution in [0.15, 0.2) is 5.11 Å². The zero-order chi connectivity index (χ0) is 11.4. The number of aliphatic hydroxyl groups is 1. The fourth-order valence-corrected chi connectivity index (χ4v) is 0.704. The number of hydrogen-bond acceptors (Lipinski definition) is 4. The van der Waals surface area contributed by atoms with E-state index in [0.29, 0.717) is 0 Å². The molecule has 80 valence electrons. The Kier molecular flexibility index (Phi) is 4.40. The lowest BCUT2D eigenvalue weighted by molar-refractivity contribution is -0.165. The highest BCUT2D eigenvalue weighted by atomic mass is 16.6. The lowest BCUT2D eigenvalue weighted by Gasteiger charge is -2.22. The number of aliphatic hydroxyl groups excluding tert-OH is 1. The van der Waals surface area contributed by atoms with E-state index in [1.165, 1.54) is 6.92 Å². The topological polar surface area (TPSA) is 95.3 Å². The third-order valence-electron chi connectivity index (χ3n) is 1.34. The van der Waals surface area contributed by atoms with Crippen molar-refractivity contribution in [1.82, 2.24) is 0 Å². The Balaban J connectivity index is 4.33. The second-order valence-electron chi connectivity index (χ2n) is 3.92. The van der Waals surface area contributed by atoms with Crippen LogP contribution in [0.5, 0.6) is 0 Å². The van der Waals surface area contributed by atoms with Crippen LogP contribution >= 0.6 is 0 Å². The van der Waals surface area contributed by atoms with E-state index in [1.54, 1.807) is 20.8 Å². The SMILES string of the molecule is C[C@H](N=[N+]=[N-])[C@@H](O)C(=O)OC(C)(C)C. The zero-order valence-electron chi connectivity index (χ0n) is 8.76. The van der Waals surface area contributed by atoms with Crippen LogP contribution in [0.4, 0.5) is 0 Å². The number of carbonyl (C=O) groups excluding carboxylic acids is 1. The number of nitrogens with zero attached hydrogens (tertiary/aromatic N) is 3. The largest absolute Gasteiger partial charge is 0.458 e. The molecule has 0 aromatic carbocycles. The normalized spacial score (nSPS) is 15.2. The Hall–Kier alpha value is -1.26. The molecule has 0 fully saturated rings. The van der Waals surface area contributed by atoms with Gasteiger partial charge in [0, 0.05) is 4.91 Å². The van der Waals surface area contributed by atoms with Gasteiger partial charge in [0.05, 0.1) is 6.04 Å². The summed E-state index contributed by atoms with van der Waals surface area (Å²) in [7, 11) is 0. The molecule has 2 atom stereocenters. The molecule has 6 nitrogen and oxygen atoms in total. The van der Waals surface area contributed by atoms with Gasteiger partial charge in [0.2, 0.25) is 0 Å². The second-order valence-corrected chi connectivity index (χ2v) is 3.92. The minimum absolute atomic E-state index is 0.659. The summed E-state index contributed by atoms with van der Waals surface area (Å²) in [6.07, 6.45) is -1.41. The molecule has 0 bridgehead atoms. The number of carbonyl (C=O) groups is 1. The minimum Gasteiger partial charge on any atom is -0.458 e. The molecule has 6 heteroatoms. The van der Waals surface area contributed by atoms with E-state index in [4.69, 9.17) is 10.3 Å². The molecule has 0 spiro atoms. The van der Waals surface area contributed by atoms with Crippen molar-refractivity contribution in [3.63, 3.8) is 0 Å². The standard InChI is InChI=1S/C8H15N3O3/c1-5(10-11-9)6(12)7(13)14-8(2,3)4/h5-6,12H,1-4H3/t5-,6+/m0/s1. The lowest BCUT2D eigenvalue weighted by Crippen LogP contribution is -2.37. The van der Waals surface area contributed by atoms with Gasteiger partial charge in [-0.25, -0.2) is 4.79 Å². The molecule has 0 unspecified atom stereocenters. The fourth-order valence-electron chi connectivity index (χ4n) is 0.704. The van der Waals surface area contributed by atoms with Crippen LogP contribution in [0.1, 0.15) is 27.7 Å². The maximum atomic E-state index is 11.2. The van der Waals surface area contributed by atoms with Gasteiger partial charge in [-0.3, -0.25) is 0 Å². The van der Waals surface area contributed by atoms with E-state index in [-0.39, 0.29) is 0 Å². The van der Waals surface area contributed by atoms with Crippen molar-refractivity contribution in [3.8, 4) is 0 Å². The van der Waals surface area contributed by atoms with Crippen molar-refractivity contribution in [2.45, 2.75) is 45.4 Å². The van der Waals surface area contributed by atoms with Gasteiger partial charge in [-0.15, -0.1) is 0 Å². The monoisotopic (exact) mass is 201 g/mol. The van der Waals surface area contributed by atoms with Crippen LogP contribution in [-0.2, 0) is 9.53 Å². The molecule has 0 saturated heterocycles. The fraction of sp³-hybridized carbons (Fsp3) is 0.875. The van der Waals surface area contributed by atoms with E-state index in [9.17, 15) is 9.90 Å². The van der Waals surface area contributed by atoms with E-state index >= 15 is 0 Å². The Bertz CT molecular complexity index is 253. The molecular weight excluding hydrogens is 186 g/mol. The van der Waals surface area contributed by atoms with Crippen molar-refractivity contribution in [2.75, 3.05) is 0 Å². The second kappa shape index (κ2) is 4.83. The van der Waals surface area contributed by atoms with E-state index in [0.717, 1.165) is 0 Å². The average Bonchev–Trinajstić information content (AvgIpc) is 2.00. The van der Waals surface area contributed by atoms with Crippen molar-refractivity contribution < 1.29 is 14.6 Å². The molecule has 0 saturated carbocycles. The molecule has 0 aromatic heterocycles. The number of esters is 1. The number of azide groups is 1. The third kappa shape index (κ3) is 4.69. The Morgan fingerprint density at radius 3 is 2.43 bits per heavy atom. The van der Waals surface area contributed by atoms with Gasteiger partial charge in [0.15, 0.2) is 6.10 Å². The molecule has 0 heterocycles. The summed E-state index contributed by atoms with van der Waals surface area (Å²) in [5, 5.41) is 12.5. The summed E-state index contributed by atoms with van der Waals surface area (Å²) < 4.78 is 4.89. The lowest BCUT2D eigenvalue weighted by atomic mass is 10.1. The smallest absolute Gasteiger partial charge is 0.335 e. The van der Waals surface area contributed by atoms with Crippen molar-refractivity contribution in [2.24, 2.45) is 5.11 Å². The quantitative estimate of drug-likeness (QED) is 0.323. The van der Waals surface area contributed by atoms with Crippen LogP contribution in [0.3, 0.4) is 0 Å². The van der Waals surface area contributed by atoms with Crippen molar-refractivity contribution >= 4 is 5.97 Å². The highest BCUT2D eigenvalue weighted by Crippen LogP contribution is 2.10. The van der Waals surface area contributed by atoms with Gasteiger partial charge in [-0.1, -0.05) is 12.0 Å². The first-order valence-electron chi connectivity index (χ1n) is 4.23. The summed E-state index contributed by atoms with van der Waals surface area (Å²) >= 11 is 0. The Morgan fingerprint density at radius 2 is 2.07 bits per heavy atom. The number of hydrogen-bond donors (Lipinski definition) is 1. The van der Waals surface area contributed by atoms with Gasteiger partial charge >= 0.3 is 5.97 Å². The van der Waals surface area contributed by atoms with Crippen molar-refractivity contribution in [1.29, 1.82) is 0 Å². The maximum Gasteiger partial charge on any atom is 0.335 e. The molecule has 0 radical (unpaired) electrons. The molecule has 0 amide bonds. The molecule has 0 aliphatic rings. The number of rotatable bonds is 3. The Morgan fingerprint density at radius 1 is 1.57 bits per heavy atom. The number of ether oxygens (including phenoxy) is 1. The maximum absolute atomic E-state index is 11.2.